The molecule has 1 saturated heterocycles. The van der Waals surface area contributed by atoms with Crippen LogP contribution in [0.25, 0.3) is 5.82 Å². The van der Waals surface area contributed by atoms with Crippen molar-refractivity contribution < 1.29 is 31.1 Å². The summed E-state index contributed by atoms with van der Waals surface area (Å²) in [5.74, 6) is 0.792. The molecule has 1 aliphatic carbocycles. The number of amides is 1. The van der Waals surface area contributed by atoms with Crippen LogP contribution < -0.4 is 19.7 Å². The van der Waals surface area contributed by atoms with Gasteiger partial charge in [0.1, 0.15) is 11.6 Å². The van der Waals surface area contributed by atoms with Gasteiger partial charge in [0.05, 0.1) is 17.6 Å². The SMILES string of the molecule is Cc1ccc2nc1NCCC1CN(c3nc(-n4ccc(OCCCC5(C(F)(F)F)CC5)n4)ccc3C(=O)NS2(=O)=O)C(C)(C)C1. The second-order valence-corrected chi connectivity index (χ2v) is 14.5. The van der Waals surface area contributed by atoms with Crippen molar-refractivity contribution >= 4 is 27.6 Å². The fourth-order valence-corrected chi connectivity index (χ4v) is 7.21. The molecule has 5 heterocycles. The molecule has 11 nitrogen and oxygen atoms in total. The molecule has 1 amide bonds. The fraction of sp³-hybridized carbons (Fsp3) is 0.533. The van der Waals surface area contributed by atoms with Crippen LogP contribution in [0.5, 0.6) is 5.88 Å². The number of nitrogens with one attached hydrogen (secondary N) is 2. The van der Waals surface area contributed by atoms with E-state index in [0.717, 1.165) is 18.4 Å². The lowest BCUT2D eigenvalue weighted by atomic mass is 9.94. The summed E-state index contributed by atoms with van der Waals surface area (Å²) in [6, 6.07) is 7.67. The monoisotopic (exact) mass is 647 g/mol. The van der Waals surface area contributed by atoms with Crippen molar-refractivity contribution in [3.63, 3.8) is 0 Å². The summed E-state index contributed by atoms with van der Waals surface area (Å²) in [4.78, 5) is 24.7. The van der Waals surface area contributed by atoms with Crippen molar-refractivity contribution in [2.75, 3.05) is 29.9 Å². The van der Waals surface area contributed by atoms with Crippen LogP contribution in [-0.2, 0) is 10.0 Å². The number of sulfonamides is 1. The Labute approximate surface area is 259 Å². The van der Waals surface area contributed by atoms with Crippen molar-refractivity contribution in [1.29, 1.82) is 0 Å². The molecule has 6 rings (SSSR count). The molecular weight excluding hydrogens is 611 g/mol. The number of carbonyl (C=O) groups is 1. The van der Waals surface area contributed by atoms with Crippen molar-refractivity contribution in [3.05, 3.63) is 47.7 Å². The highest BCUT2D eigenvalue weighted by molar-refractivity contribution is 7.90. The number of aryl methyl sites for hydroxylation is 1. The molecule has 242 valence electrons. The largest absolute Gasteiger partial charge is 0.477 e. The zero-order chi connectivity index (χ0) is 32.2. The molecule has 2 N–H and O–H groups in total. The summed E-state index contributed by atoms with van der Waals surface area (Å²) in [5, 5.41) is 7.38. The molecular formula is C30H36F3N7O4S. The topological polar surface area (TPSA) is 131 Å². The van der Waals surface area contributed by atoms with E-state index in [9.17, 15) is 26.4 Å². The molecule has 3 aliphatic rings. The minimum Gasteiger partial charge on any atom is -0.477 e. The van der Waals surface area contributed by atoms with E-state index in [4.69, 9.17) is 9.72 Å². The Hall–Kier alpha value is -3.88. The van der Waals surface area contributed by atoms with E-state index in [-0.39, 0.29) is 54.7 Å². The zero-order valence-electron chi connectivity index (χ0n) is 25.3. The first-order valence-electron chi connectivity index (χ1n) is 15.0. The average molecular weight is 648 g/mol. The van der Waals surface area contributed by atoms with Gasteiger partial charge in [0.15, 0.2) is 10.8 Å². The molecule has 4 bridgehead atoms. The zero-order valence-corrected chi connectivity index (χ0v) is 26.1. The van der Waals surface area contributed by atoms with Gasteiger partial charge in [-0.2, -0.15) is 21.6 Å². The summed E-state index contributed by atoms with van der Waals surface area (Å²) >= 11 is 0. The van der Waals surface area contributed by atoms with Gasteiger partial charge in [0.2, 0.25) is 5.88 Å². The van der Waals surface area contributed by atoms with Crippen LogP contribution >= 0.6 is 0 Å². The molecule has 15 heteroatoms. The number of hydrogen-bond acceptors (Lipinski definition) is 9. The Bertz CT molecular complexity index is 1720. The van der Waals surface area contributed by atoms with E-state index in [0.29, 0.717) is 30.5 Å². The number of fused-ring (bicyclic) bond motifs is 6. The van der Waals surface area contributed by atoms with Crippen LogP contribution in [0.2, 0.25) is 0 Å². The van der Waals surface area contributed by atoms with Gasteiger partial charge in [-0.05, 0) is 89.0 Å². The molecule has 1 atom stereocenters. The summed E-state index contributed by atoms with van der Waals surface area (Å²) in [7, 11) is -4.30. The van der Waals surface area contributed by atoms with Crippen LogP contribution in [-0.4, -0.2) is 65.5 Å². The van der Waals surface area contributed by atoms with E-state index >= 15 is 0 Å². The normalized spacial score (nSPS) is 21.7. The first kappa shape index (κ1) is 31.1. The lowest BCUT2D eigenvalue weighted by Gasteiger charge is -2.34. The third-order valence-corrected chi connectivity index (χ3v) is 10.3. The number of hydrogen-bond donors (Lipinski definition) is 2. The average Bonchev–Trinajstić information content (AvgIpc) is 3.52. The number of halogens is 3. The molecule has 2 fully saturated rings. The Morgan fingerprint density at radius 2 is 1.89 bits per heavy atom. The Kier molecular flexibility index (Phi) is 7.73. The second-order valence-electron chi connectivity index (χ2n) is 12.8. The highest BCUT2D eigenvalue weighted by Gasteiger charge is 2.62. The maximum absolute atomic E-state index is 13.6. The minimum atomic E-state index is -4.30. The molecule has 0 aromatic carbocycles. The van der Waals surface area contributed by atoms with Crippen LogP contribution in [0, 0.1) is 18.3 Å². The van der Waals surface area contributed by atoms with Gasteiger partial charge in [0, 0.05) is 30.9 Å². The van der Waals surface area contributed by atoms with Gasteiger partial charge < -0.3 is 15.0 Å². The highest BCUT2D eigenvalue weighted by atomic mass is 32.2. The predicted molar refractivity (Wildman–Crippen MR) is 160 cm³/mol. The summed E-state index contributed by atoms with van der Waals surface area (Å²) in [6.07, 6.45) is -0.372. The highest BCUT2D eigenvalue weighted by Crippen LogP contribution is 2.60. The third-order valence-electron chi connectivity index (χ3n) is 9.04. The quantitative estimate of drug-likeness (QED) is 0.355. The van der Waals surface area contributed by atoms with Crippen molar-refractivity contribution in [2.24, 2.45) is 11.3 Å². The van der Waals surface area contributed by atoms with Crippen LogP contribution in [0.1, 0.15) is 68.3 Å². The predicted octanol–water partition coefficient (Wildman–Crippen LogP) is 5.01. The summed E-state index contributed by atoms with van der Waals surface area (Å²) < 4.78 is 75.3. The lowest BCUT2D eigenvalue weighted by molar-refractivity contribution is -0.189. The number of rotatable bonds is 6. The Balaban J connectivity index is 1.27. The van der Waals surface area contributed by atoms with Crippen molar-refractivity contribution in [1.82, 2.24) is 24.5 Å². The van der Waals surface area contributed by atoms with Crippen molar-refractivity contribution in [2.45, 2.75) is 76.0 Å². The number of ether oxygens (including phenoxy) is 1. The smallest absolute Gasteiger partial charge is 0.394 e. The molecule has 3 aromatic heterocycles. The maximum Gasteiger partial charge on any atom is 0.394 e. The number of alkyl halides is 3. The number of aromatic nitrogens is 4. The van der Waals surface area contributed by atoms with Gasteiger partial charge in [-0.25, -0.2) is 19.4 Å². The first-order chi connectivity index (χ1) is 21.2. The molecule has 0 spiro atoms. The Morgan fingerprint density at radius 3 is 2.62 bits per heavy atom. The number of anilines is 2. The van der Waals surface area contributed by atoms with Crippen LogP contribution in [0.15, 0.2) is 41.6 Å². The number of pyridine rings is 2. The molecule has 45 heavy (non-hydrogen) atoms. The van der Waals surface area contributed by atoms with Crippen molar-refractivity contribution in [3.8, 4) is 11.7 Å². The minimum absolute atomic E-state index is 0.0190. The summed E-state index contributed by atoms with van der Waals surface area (Å²) in [6.45, 7) is 7.23. The van der Waals surface area contributed by atoms with Gasteiger partial charge in [-0.15, -0.1) is 5.10 Å². The standard InChI is InChI=1S/C30H36F3N7O4S/c1-19-5-8-24-36-25(19)34-14-9-20-17-28(2,3)39(18-20)26-21(27(41)38-45(24,42)43)6-7-22(35-26)40-15-10-23(37-40)44-16-4-11-29(12-13-29)30(31,32)33/h5-8,10,15,20H,4,9,11-14,16-18H2,1-3H3,(H,34,36)(H,38,41). The van der Waals surface area contributed by atoms with Gasteiger partial charge >= 0.3 is 6.18 Å². The van der Waals surface area contributed by atoms with E-state index in [1.165, 1.54) is 16.8 Å². The second kappa shape index (κ2) is 11.2. The summed E-state index contributed by atoms with van der Waals surface area (Å²) in [5.41, 5.74) is -1.09. The molecule has 3 aromatic rings. The van der Waals surface area contributed by atoms with E-state index in [1.54, 1.807) is 24.4 Å². The Morgan fingerprint density at radius 1 is 1.11 bits per heavy atom. The number of carbonyl (C=O) groups excluding carboxylic acids is 1. The van der Waals surface area contributed by atoms with Crippen LogP contribution in [0.4, 0.5) is 24.8 Å². The van der Waals surface area contributed by atoms with Gasteiger partial charge in [-0.3, -0.25) is 4.79 Å². The molecule has 1 saturated carbocycles. The van der Waals surface area contributed by atoms with E-state index < -0.39 is 33.1 Å². The molecule has 1 unspecified atom stereocenters. The fourth-order valence-electron chi connectivity index (χ4n) is 6.29. The van der Waals surface area contributed by atoms with E-state index in [2.05, 4.69) is 34.0 Å². The lowest BCUT2D eigenvalue weighted by Crippen LogP contribution is -2.41. The maximum atomic E-state index is 13.6. The third kappa shape index (κ3) is 6.18. The molecule has 2 aliphatic heterocycles. The van der Waals surface area contributed by atoms with E-state index in [1.807, 2.05) is 11.8 Å². The van der Waals surface area contributed by atoms with Crippen LogP contribution in [0.3, 0.4) is 0 Å². The molecule has 0 radical (unpaired) electrons. The number of nitrogens with zero attached hydrogens (tertiary/aromatic N) is 5. The van der Waals surface area contributed by atoms with Gasteiger partial charge in [0.25, 0.3) is 15.9 Å². The first-order valence-corrected chi connectivity index (χ1v) is 16.5. The van der Waals surface area contributed by atoms with Gasteiger partial charge in [-0.1, -0.05) is 6.07 Å².